The van der Waals surface area contributed by atoms with Gasteiger partial charge >= 0.3 is 0 Å². The molecule has 1 N–H and O–H groups in total. The second-order valence-electron chi connectivity index (χ2n) is 3.59. The van der Waals surface area contributed by atoms with Gasteiger partial charge in [0, 0.05) is 17.0 Å². The normalized spacial score (nSPS) is 26.4. The minimum atomic E-state index is -0.734. The second kappa shape index (κ2) is 4.09. The number of hydrogen-bond acceptors (Lipinski definition) is 2. The molecule has 1 aromatic heterocycles. The monoisotopic (exact) mass is 213 g/mol. The van der Waals surface area contributed by atoms with Crippen molar-refractivity contribution in [1.82, 2.24) is 5.32 Å². The Morgan fingerprint density at radius 3 is 3.00 bits per heavy atom. The summed E-state index contributed by atoms with van der Waals surface area (Å²) in [5.41, 5.74) is 0.678. The van der Waals surface area contributed by atoms with Crippen LogP contribution < -0.4 is 5.32 Å². The Balaban J connectivity index is 1.89. The number of carbonyl (C=O) groups is 1. The first kappa shape index (κ1) is 9.65. The number of carbonyl (C=O) groups excluding carboxylic acids is 1. The number of alkyl halides is 1. The fourth-order valence-corrected chi connectivity index (χ4v) is 2.36. The molecule has 0 saturated heterocycles. The van der Waals surface area contributed by atoms with Crippen molar-refractivity contribution in [1.29, 1.82) is 0 Å². The van der Waals surface area contributed by atoms with E-state index in [1.807, 2.05) is 5.38 Å². The number of halogens is 1. The topological polar surface area (TPSA) is 29.1 Å². The Labute approximate surface area is 86.1 Å². The first-order valence-corrected chi connectivity index (χ1v) is 5.67. The van der Waals surface area contributed by atoms with Crippen LogP contribution in [0.15, 0.2) is 16.8 Å². The number of nitrogens with one attached hydrogen (secondary N) is 1. The van der Waals surface area contributed by atoms with Crippen LogP contribution in [0.2, 0.25) is 0 Å². The van der Waals surface area contributed by atoms with E-state index in [0.29, 0.717) is 18.4 Å². The standard InChI is InChI=1S/C10H12FNOS/c11-8-1-2-9(5-8)12-10(13)7-3-4-14-6-7/h3-4,6,8-9H,1-2,5H2,(H,12,13)/t8-,9+/m0/s1. The Morgan fingerprint density at radius 1 is 1.57 bits per heavy atom. The SMILES string of the molecule is O=C(N[C@@H]1CC[C@H](F)C1)c1ccsc1. The lowest BCUT2D eigenvalue weighted by atomic mass is 10.2. The van der Waals surface area contributed by atoms with Crippen molar-refractivity contribution in [3.63, 3.8) is 0 Å². The minimum absolute atomic E-state index is 0.0254. The van der Waals surface area contributed by atoms with Gasteiger partial charge in [-0.15, -0.1) is 0 Å². The number of hydrogen-bond donors (Lipinski definition) is 1. The van der Waals surface area contributed by atoms with Gasteiger partial charge in [0.15, 0.2) is 0 Å². The minimum Gasteiger partial charge on any atom is -0.349 e. The van der Waals surface area contributed by atoms with E-state index in [9.17, 15) is 9.18 Å². The summed E-state index contributed by atoms with van der Waals surface area (Å²) in [5, 5.41) is 6.50. The van der Waals surface area contributed by atoms with E-state index < -0.39 is 6.17 Å². The Hall–Kier alpha value is -0.900. The van der Waals surface area contributed by atoms with Gasteiger partial charge in [-0.1, -0.05) is 0 Å². The van der Waals surface area contributed by atoms with Crippen LogP contribution in [-0.4, -0.2) is 18.1 Å². The quantitative estimate of drug-likeness (QED) is 0.802. The van der Waals surface area contributed by atoms with E-state index in [2.05, 4.69) is 5.32 Å². The second-order valence-corrected chi connectivity index (χ2v) is 4.37. The van der Waals surface area contributed by atoms with Gasteiger partial charge in [0.1, 0.15) is 6.17 Å². The van der Waals surface area contributed by atoms with E-state index >= 15 is 0 Å². The molecule has 4 heteroatoms. The van der Waals surface area contributed by atoms with E-state index in [1.54, 1.807) is 11.4 Å². The van der Waals surface area contributed by atoms with Crippen LogP contribution in [0.1, 0.15) is 29.6 Å². The summed E-state index contributed by atoms with van der Waals surface area (Å²) in [4.78, 5) is 11.5. The summed E-state index contributed by atoms with van der Waals surface area (Å²) in [6.45, 7) is 0. The van der Waals surface area contributed by atoms with Crippen LogP contribution in [-0.2, 0) is 0 Å². The molecule has 0 aliphatic heterocycles. The molecule has 0 unspecified atom stereocenters. The fraction of sp³-hybridized carbons (Fsp3) is 0.500. The smallest absolute Gasteiger partial charge is 0.252 e. The Bertz CT molecular complexity index is 312. The highest BCUT2D eigenvalue weighted by Gasteiger charge is 2.25. The highest BCUT2D eigenvalue weighted by molar-refractivity contribution is 7.08. The maximum absolute atomic E-state index is 12.8. The zero-order valence-electron chi connectivity index (χ0n) is 7.70. The molecule has 14 heavy (non-hydrogen) atoms. The molecule has 1 amide bonds. The van der Waals surface area contributed by atoms with Crippen molar-refractivity contribution in [3.8, 4) is 0 Å². The molecule has 0 radical (unpaired) electrons. The van der Waals surface area contributed by atoms with Gasteiger partial charge in [-0.25, -0.2) is 4.39 Å². The van der Waals surface area contributed by atoms with Crippen LogP contribution in [0.3, 0.4) is 0 Å². The van der Waals surface area contributed by atoms with Crippen molar-refractivity contribution in [2.24, 2.45) is 0 Å². The molecule has 0 spiro atoms. The summed E-state index contributed by atoms with van der Waals surface area (Å²) in [6.07, 6.45) is 1.07. The van der Waals surface area contributed by atoms with Crippen molar-refractivity contribution in [3.05, 3.63) is 22.4 Å². The van der Waals surface area contributed by atoms with E-state index in [4.69, 9.17) is 0 Å². The third-order valence-electron chi connectivity index (χ3n) is 2.49. The highest BCUT2D eigenvalue weighted by Crippen LogP contribution is 2.22. The summed E-state index contributed by atoms with van der Waals surface area (Å²) in [6, 6.07) is 1.81. The molecular weight excluding hydrogens is 201 g/mol. The molecule has 2 atom stereocenters. The zero-order chi connectivity index (χ0) is 9.97. The summed E-state index contributed by atoms with van der Waals surface area (Å²) >= 11 is 1.49. The molecule has 1 aliphatic carbocycles. The number of rotatable bonds is 2. The molecule has 0 aromatic carbocycles. The highest BCUT2D eigenvalue weighted by atomic mass is 32.1. The van der Waals surface area contributed by atoms with Gasteiger partial charge in [0.2, 0.25) is 0 Å². The van der Waals surface area contributed by atoms with Crippen LogP contribution in [0.25, 0.3) is 0 Å². The molecule has 1 aromatic rings. The predicted molar refractivity (Wildman–Crippen MR) is 54.3 cm³/mol. The van der Waals surface area contributed by atoms with Gasteiger partial charge in [0.05, 0.1) is 0 Å². The van der Waals surface area contributed by atoms with Crippen LogP contribution in [0, 0.1) is 0 Å². The molecule has 76 valence electrons. The van der Waals surface area contributed by atoms with E-state index in [-0.39, 0.29) is 11.9 Å². The largest absolute Gasteiger partial charge is 0.349 e. The summed E-state index contributed by atoms with van der Waals surface area (Å²) in [7, 11) is 0. The van der Waals surface area contributed by atoms with Crippen LogP contribution in [0.4, 0.5) is 4.39 Å². The van der Waals surface area contributed by atoms with Crippen molar-refractivity contribution < 1.29 is 9.18 Å². The van der Waals surface area contributed by atoms with Gasteiger partial charge < -0.3 is 5.32 Å². The van der Waals surface area contributed by atoms with E-state index in [1.165, 1.54) is 11.3 Å². The number of amides is 1. The first-order valence-electron chi connectivity index (χ1n) is 4.73. The lowest BCUT2D eigenvalue weighted by Crippen LogP contribution is -2.32. The summed E-state index contributed by atoms with van der Waals surface area (Å²) in [5.74, 6) is -0.0784. The van der Waals surface area contributed by atoms with Crippen molar-refractivity contribution in [2.45, 2.75) is 31.5 Å². The fourth-order valence-electron chi connectivity index (χ4n) is 1.72. The first-order chi connectivity index (χ1) is 6.75. The molecule has 1 fully saturated rings. The average Bonchev–Trinajstić information content (AvgIpc) is 2.75. The van der Waals surface area contributed by atoms with Gasteiger partial charge in [-0.2, -0.15) is 11.3 Å². The van der Waals surface area contributed by atoms with Crippen LogP contribution in [0.5, 0.6) is 0 Å². The zero-order valence-corrected chi connectivity index (χ0v) is 8.52. The van der Waals surface area contributed by atoms with Crippen molar-refractivity contribution >= 4 is 17.2 Å². The molecule has 1 saturated carbocycles. The molecule has 1 heterocycles. The van der Waals surface area contributed by atoms with Gasteiger partial charge in [-0.3, -0.25) is 4.79 Å². The lowest BCUT2D eigenvalue weighted by Gasteiger charge is -2.10. The Morgan fingerprint density at radius 2 is 2.43 bits per heavy atom. The third-order valence-corrected chi connectivity index (χ3v) is 3.17. The molecule has 1 aliphatic rings. The predicted octanol–water partition coefficient (Wildman–Crippen LogP) is 2.37. The van der Waals surface area contributed by atoms with Crippen LogP contribution >= 0.6 is 11.3 Å². The molecule has 2 rings (SSSR count). The lowest BCUT2D eigenvalue weighted by molar-refractivity contribution is 0.0937. The van der Waals surface area contributed by atoms with Gasteiger partial charge in [-0.05, 0) is 30.7 Å². The molecule has 2 nitrogen and oxygen atoms in total. The average molecular weight is 213 g/mol. The maximum Gasteiger partial charge on any atom is 0.252 e. The molecule has 0 bridgehead atoms. The van der Waals surface area contributed by atoms with Crippen molar-refractivity contribution in [2.75, 3.05) is 0 Å². The number of thiophene rings is 1. The third kappa shape index (κ3) is 2.12. The van der Waals surface area contributed by atoms with E-state index in [0.717, 1.165) is 6.42 Å². The maximum atomic E-state index is 12.8. The molecular formula is C10H12FNOS. The Kier molecular flexibility index (Phi) is 2.82. The van der Waals surface area contributed by atoms with Gasteiger partial charge in [0.25, 0.3) is 5.91 Å². The summed E-state index contributed by atoms with van der Waals surface area (Å²) < 4.78 is 12.8.